The van der Waals surface area contributed by atoms with E-state index in [0.29, 0.717) is 37.7 Å². The number of rotatable bonds is 3. The molecule has 1 fully saturated rings. The molecule has 2 N–H and O–H groups in total. The van der Waals surface area contributed by atoms with Gasteiger partial charge in [0.25, 0.3) is 0 Å². The van der Waals surface area contributed by atoms with E-state index in [1.54, 1.807) is 0 Å². The van der Waals surface area contributed by atoms with E-state index in [4.69, 9.17) is 17.3 Å². The van der Waals surface area contributed by atoms with Crippen LogP contribution in [0, 0.1) is 0 Å². The van der Waals surface area contributed by atoms with Crippen LogP contribution in [0.1, 0.15) is 5.56 Å². The van der Waals surface area contributed by atoms with Gasteiger partial charge >= 0.3 is 0 Å². The molecule has 1 aliphatic heterocycles. The predicted octanol–water partition coefficient (Wildman–Crippen LogP) is 0.880. The molecule has 0 bridgehead atoms. The van der Waals surface area contributed by atoms with Gasteiger partial charge in [-0.15, -0.1) is 0 Å². The van der Waals surface area contributed by atoms with Crippen molar-refractivity contribution in [2.75, 3.05) is 37.3 Å². The molecular formula is C12H18ClN3O2S. The van der Waals surface area contributed by atoms with Crippen molar-refractivity contribution in [2.24, 2.45) is 5.73 Å². The molecule has 1 heterocycles. The van der Waals surface area contributed by atoms with Crippen LogP contribution in [-0.4, -0.2) is 45.2 Å². The molecule has 7 heteroatoms. The zero-order valence-corrected chi connectivity index (χ0v) is 12.4. The van der Waals surface area contributed by atoms with Crippen LogP contribution in [0.2, 0.25) is 5.02 Å². The first-order valence-electron chi connectivity index (χ1n) is 6.10. The Morgan fingerprint density at radius 3 is 2.37 bits per heavy atom. The molecule has 0 amide bonds. The van der Waals surface area contributed by atoms with Crippen LogP contribution < -0.4 is 10.6 Å². The van der Waals surface area contributed by atoms with Crippen LogP contribution >= 0.6 is 11.6 Å². The Morgan fingerprint density at radius 1 is 1.26 bits per heavy atom. The number of piperazine rings is 1. The quantitative estimate of drug-likeness (QED) is 0.900. The van der Waals surface area contributed by atoms with Crippen LogP contribution in [0.3, 0.4) is 0 Å². The highest BCUT2D eigenvalue weighted by molar-refractivity contribution is 7.88. The van der Waals surface area contributed by atoms with Gasteiger partial charge in [-0.3, -0.25) is 0 Å². The SMILES string of the molecule is CS(=O)(=O)N1CCN(c2ccc(CN)cc2Cl)CC1. The first-order chi connectivity index (χ1) is 8.91. The van der Waals surface area contributed by atoms with Crippen LogP contribution in [0.4, 0.5) is 5.69 Å². The van der Waals surface area contributed by atoms with E-state index in [-0.39, 0.29) is 0 Å². The van der Waals surface area contributed by atoms with Gasteiger partial charge in [-0.2, -0.15) is 4.31 Å². The fourth-order valence-corrected chi connectivity index (χ4v) is 3.34. The van der Waals surface area contributed by atoms with Gasteiger partial charge in [-0.1, -0.05) is 17.7 Å². The normalized spacial score (nSPS) is 17.7. The molecule has 1 aliphatic rings. The third-order valence-corrected chi connectivity index (χ3v) is 4.90. The fraction of sp³-hybridized carbons (Fsp3) is 0.500. The van der Waals surface area contributed by atoms with Gasteiger partial charge in [-0.05, 0) is 17.7 Å². The molecule has 1 aromatic carbocycles. The van der Waals surface area contributed by atoms with Crippen molar-refractivity contribution < 1.29 is 8.42 Å². The minimum Gasteiger partial charge on any atom is -0.368 e. The van der Waals surface area contributed by atoms with Crippen molar-refractivity contribution in [3.8, 4) is 0 Å². The number of hydrogen-bond donors (Lipinski definition) is 1. The van der Waals surface area contributed by atoms with Crippen LogP contribution in [0.25, 0.3) is 0 Å². The first-order valence-corrected chi connectivity index (χ1v) is 8.33. The second-order valence-electron chi connectivity index (χ2n) is 4.64. The Kier molecular flexibility index (Phi) is 4.35. The number of nitrogens with zero attached hydrogens (tertiary/aromatic N) is 2. The van der Waals surface area contributed by atoms with Crippen molar-refractivity contribution >= 4 is 27.3 Å². The van der Waals surface area contributed by atoms with Crippen LogP contribution in [-0.2, 0) is 16.6 Å². The maximum Gasteiger partial charge on any atom is 0.211 e. The topological polar surface area (TPSA) is 66.6 Å². The lowest BCUT2D eigenvalue weighted by molar-refractivity contribution is 0.388. The van der Waals surface area contributed by atoms with Crippen molar-refractivity contribution in [1.29, 1.82) is 0 Å². The predicted molar refractivity (Wildman–Crippen MR) is 78.0 cm³/mol. The Hall–Kier alpha value is -0.820. The van der Waals surface area contributed by atoms with E-state index in [0.717, 1.165) is 11.3 Å². The van der Waals surface area contributed by atoms with Crippen molar-refractivity contribution in [1.82, 2.24) is 4.31 Å². The Balaban J connectivity index is 2.10. The summed E-state index contributed by atoms with van der Waals surface area (Å²) < 4.78 is 24.4. The maximum absolute atomic E-state index is 11.4. The highest BCUT2D eigenvalue weighted by Gasteiger charge is 2.24. The Labute approximate surface area is 119 Å². The van der Waals surface area contributed by atoms with Gasteiger partial charge in [0.1, 0.15) is 0 Å². The summed E-state index contributed by atoms with van der Waals surface area (Å²) in [5.41, 5.74) is 7.49. The smallest absolute Gasteiger partial charge is 0.211 e. The molecule has 19 heavy (non-hydrogen) atoms. The molecule has 0 atom stereocenters. The molecule has 106 valence electrons. The van der Waals surface area contributed by atoms with Gasteiger partial charge in [-0.25, -0.2) is 8.42 Å². The summed E-state index contributed by atoms with van der Waals surface area (Å²) in [4.78, 5) is 2.10. The van der Waals surface area contributed by atoms with Crippen molar-refractivity contribution in [2.45, 2.75) is 6.54 Å². The number of anilines is 1. The zero-order chi connectivity index (χ0) is 14.0. The highest BCUT2D eigenvalue weighted by atomic mass is 35.5. The lowest BCUT2D eigenvalue weighted by Gasteiger charge is -2.35. The third kappa shape index (κ3) is 3.39. The number of halogens is 1. The average molecular weight is 304 g/mol. The van der Waals surface area contributed by atoms with Crippen molar-refractivity contribution in [3.05, 3.63) is 28.8 Å². The number of sulfonamides is 1. The number of nitrogens with two attached hydrogens (primary N) is 1. The fourth-order valence-electron chi connectivity index (χ4n) is 2.19. The summed E-state index contributed by atoms with van der Waals surface area (Å²) >= 11 is 6.24. The molecule has 2 rings (SSSR count). The van der Waals surface area contributed by atoms with E-state index >= 15 is 0 Å². The molecule has 0 radical (unpaired) electrons. The molecule has 0 aromatic heterocycles. The zero-order valence-electron chi connectivity index (χ0n) is 10.8. The summed E-state index contributed by atoms with van der Waals surface area (Å²) in [6.45, 7) is 2.74. The third-order valence-electron chi connectivity index (χ3n) is 3.30. The standard InChI is InChI=1S/C12H18ClN3O2S/c1-19(17,18)16-6-4-15(5-7-16)12-3-2-10(9-14)8-11(12)13/h2-3,8H,4-7,9,14H2,1H3. The first kappa shape index (κ1) is 14.6. The number of benzene rings is 1. The van der Waals surface area contributed by atoms with Gasteiger partial charge in [0.2, 0.25) is 10.0 Å². The van der Waals surface area contributed by atoms with Gasteiger partial charge in [0, 0.05) is 32.7 Å². The monoisotopic (exact) mass is 303 g/mol. The summed E-state index contributed by atoms with van der Waals surface area (Å²) in [5, 5.41) is 0.663. The Morgan fingerprint density at radius 2 is 1.89 bits per heavy atom. The molecule has 5 nitrogen and oxygen atoms in total. The molecule has 0 aliphatic carbocycles. The molecular weight excluding hydrogens is 286 g/mol. The summed E-state index contributed by atoms with van der Waals surface area (Å²) in [6.07, 6.45) is 1.24. The van der Waals surface area contributed by atoms with Crippen LogP contribution in [0.15, 0.2) is 18.2 Å². The van der Waals surface area contributed by atoms with E-state index < -0.39 is 10.0 Å². The molecule has 0 spiro atoms. The summed E-state index contributed by atoms with van der Waals surface area (Å²) in [6, 6.07) is 5.75. The van der Waals surface area contributed by atoms with Gasteiger partial charge < -0.3 is 10.6 Å². The largest absolute Gasteiger partial charge is 0.368 e. The molecule has 0 saturated carbocycles. The second-order valence-corrected chi connectivity index (χ2v) is 7.03. The Bertz CT molecular complexity index is 554. The van der Waals surface area contributed by atoms with Gasteiger partial charge in [0.15, 0.2) is 0 Å². The second kappa shape index (κ2) is 5.66. The lowest BCUT2D eigenvalue weighted by atomic mass is 10.2. The van der Waals surface area contributed by atoms with E-state index in [1.165, 1.54) is 10.6 Å². The average Bonchev–Trinajstić information content (AvgIpc) is 2.37. The molecule has 1 aromatic rings. The van der Waals surface area contributed by atoms with Gasteiger partial charge in [0.05, 0.1) is 17.0 Å². The van der Waals surface area contributed by atoms with E-state index in [2.05, 4.69) is 4.90 Å². The maximum atomic E-state index is 11.4. The minimum absolute atomic E-state index is 0.460. The summed E-state index contributed by atoms with van der Waals surface area (Å²) in [5.74, 6) is 0. The number of hydrogen-bond acceptors (Lipinski definition) is 4. The van der Waals surface area contributed by atoms with E-state index in [1.807, 2.05) is 18.2 Å². The molecule has 1 saturated heterocycles. The lowest BCUT2D eigenvalue weighted by Crippen LogP contribution is -2.48. The molecule has 0 unspecified atom stereocenters. The van der Waals surface area contributed by atoms with Crippen molar-refractivity contribution in [3.63, 3.8) is 0 Å². The van der Waals surface area contributed by atoms with Crippen LogP contribution in [0.5, 0.6) is 0 Å². The minimum atomic E-state index is -3.10. The summed E-state index contributed by atoms with van der Waals surface area (Å²) in [7, 11) is -3.10. The van der Waals surface area contributed by atoms with E-state index in [9.17, 15) is 8.42 Å². The highest BCUT2D eigenvalue weighted by Crippen LogP contribution is 2.28.